The van der Waals surface area contributed by atoms with Gasteiger partial charge in [-0.15, -0.1) is 0 Å². The van der Waals surface area contributed by atoms with Crippen LogP contribution >= 0.6 is 12.2 Å². The van der Waals surface area contributed by atoms with Gasteiger partial charge in [0, 0.05) is 23.5 Å². The summed E-state index contributed by atoms with van der Waals surface area (Å²) in [5.41, 5.74) is 1.08. The Kier molecular flexibility index (Phi) is 4.33. The van der Waals surface area contributed by atoms with Gasteiger partial charge in [-0.25, -0.2) is 0 Å². The maximum absolute atomic E-state index is 11.9. The van der Waals surface area contributed by atoms with Crippen molar-refractivity contribution in [2.45, 2.75) is 6.23 Å². The number of ketones is 1. The second-order valence-corrected chi connectivity index (χ2v) is 4.26. The third kappa shape index (κ3) is 3.43. The van der Waals surface area contributed by atoms with E-state index < -0.39 is 12.0 Å². The molecule has 0 saturated carbocycles. The fourth-order valence-corrected chi connectivity index (χ4v) is 1.76. The van der Waals surface area contributed by atoms with Crippen LogP contribution in [0.4, 0.5) is 0 Å². The Morgan fingerprint density at radius 3 is 2.47 bits per heavy atom. The molecule has 4 nitrogen and oxygen atoms in total. The molecular weight excluding hydrogens is 260 g/mol. The molecule has 1 aromatic heterocycles. The average Bonchev–Trinajstić information content (AvgIpc) is 2.48. The molecule has 0 aliphatic carbocycles. The molecule has 0 fully saturated rings. The van der Waals surface area contributed by atoms with Gasteiger partial charge in [0.1, 0.15) is 4.99 Å². The second kappa shape index (κ2) is 6.17. The van der Waals surface area contributed by atoms with E-state index in [1.165, 1.54) is 0 Å². The minimum Gasteiger partial charge on any atom is -0.367 e. The van der Waals surface area contributed by atoms with Crippen molar-refractivity contribution in [3.63, 3.8) is 0 Å². The Morgan fingerprint density at radius 2 is 1.84 bits per heavy atom. The zero-order valence-electron chi connectivity index (χ0n) is 9.98. The maximum atomic E-state index is 11.9. The molecular formula is C14H12N2O2S. The van der Waals surface area contributed by atoms with Crippen LogP contribution in [0.3, 0.4) is 0 Å². The van der Waals surface area contributed by atoms with Gasteiger partial charge in [0.15, 0.2) is 6.23 Å². The lowest BCUT2D eigenvalue weighted by atomic mass is 10.1. The molecule has 0 radical (unpaired) electrons. The molecule has 0 saturated heterocycles. The molecule has 1 unspecified atom stereocenters. The third-order valence-electron chi connectivity index (χ3n) is 2.50. The first-order valence-electron chi connectivity index (χ1n) is 5.66. The zero-order valence-corrected chi connectivity index (χ0v) is 10.8. The molecule has 1 heterocycles. The van der Waals surface area contributed by atoms with Gasteiger partial charge in [-0.1, -0.05) is 42.5 Å². The fraction of sp³-hybridized carbons (Fsp3) is 0.0714. The summed E-state index contributed by atoms with van der Waals surface area (Å²) in [5, 5.41) is 12.4. The normalized spacial score (nSPS) is 11.6. The lowest BCUT2D eigenvalue weighted by Gasteiger charge is -2.13. The van der Waals surface area contributed by atoms with Crippen molar-refractivity contribution >= 4 is 23.0 Å². The molecule has 2 rings (SSSR count). The zero-order chi connectivity index (χ0) is 13.7. The molecule has 5 heteroatoms. The van der Waals surface area contributed by atoms with Crippen LogP contribution in [0, 0.1) is 0 Å². The average molecular weight is 272 g/mol. The van der Waals surface area contributed by atoms with Crippen LogP contribution in [-0.2, 0) is 0 Å². The first-order chi connectivity index (χ1) is 9.18. The summed E-state index contributed by atoms with van der Waals surface area (Å²) >= 11 is 5.10. The SMILES string of the molecule is O=C(c1ccccc1)C(O)NC(=S)c1cccnc1. The van der Waals surface area contributed by atoms with Crippen LogP contribution in [0.2, 0.25) is 0 Å². The van der Waals surface area contributed by atoms with Crippen LogP contribution in [0.5, 0.6) is 0 Å². The summed E-state index contributed by atoms with van der Waals surface area (Å²) in [6.45, 7) is 0. The molecule has 1 atom stereocenters. The topological polar surface area (TPSA) is 62.2 Å². The molecule has 0 aliphatic rings. The number of carbonyl (C=O) groups excluding carboxylic acids is 1. The number of nitrogens with one attached hydrogen (secondary N) is 1. The van der Waals surface area contributed by atoms with Crippen LogP contribution < -0.4 is 5.32 Å². The summed E-state index contributed by atoms with van der Waals surface area (Å²) in [6.07, 6.45) is 1.82. The maximum Gasteiger partial charge on any atom is 0.211 e. The van der Waals surface area contributed by atoms with Crippen molar-refractivity contribution in [1.82, 2.24) is 10.3 Å². The largest absolute Gasteiger partial charge is 0.367 e. The number of aromatic nitrogens is 1. The number of hydrogen-bond donors (Lipinski definition) is 2. The van der Waals surface area contributed by atoms with Crippen molar-refractivity contribution in [2.75, 3.05) is 0 Å². The number of aliphatic hydroxyl groups excluding tert-OH is 1. The van der Waals surface area contributed by atoms with Crippen molar-refractivity contribution < 1.29 is 9.90 Å². The Bertz CT molecular complexity index is 573. The summed E-state index contributed by atoms with van der Waals surface area (Å²) < 4.78 is 0. The van der Waals surface area contributed by atoms with E-state index in [2.05, 4.69) is 10.3 Å². The molecule has 2 aromatic rings. The number of thiocarbonyl (C=S) groups is 1. The van der Waals surface area contributed by atoms with Crippen LogP contribution in [0.15, 0.2) is 54.9 Å². The number of hydrogen-bond acceptors (Lipinski definition) is 4. The van der Waals surface area contributed by atoms with Crippen molar-refractivity contribution in [3.05, 3.63) is 66.0 Å². The second-order valence-electron chi connectivity index (χ2n) is 3.85. The van der Waals surface area contributed by atoms with Gasteiger partial charge in [0.25, 0.3) is 0 Å². The van der Waals surface area contributed by atoms with Gasteiger partial charge in [0.05, 0.1) is 0 Å². The van der Waals surface area contributed by atoms with Gasteiger partial charge in [0.2, 0.25) is 5.78 Å². The number of carbonyl (C=O) groups is 1. The molecule has 0 amide bonds. The quantitative estimate of drug-likeness (QED) is 0.502. The highest BCUT2D eigenvalue weighted by Crippen LogP contribution is 2.04. The van der Waals surface area contributed by atoms with Gasteiger partial charge < -0.3 is 10.4 Å². The fourth-order valence-electron chi connectivity index (χ4n) is 1.53. The van der Waals surface area contributed by atoms with Crippen LogP contribution in [-0.4, -0.2) is 27.1 Å². The third-order valence-corrected chi connectivity index (χ3v) is 2.85. The van der Waals surface area contributed by atoms with Gasteiger partial charge in [-0.2, -0.15) is 0 Å². The highest BCUT2D eigenvalue weighted by atomic mass is 32.1. The monoisotopic (exact) mass is 272 g/mol. The van der Waals surface area contributed by atoms with Gasteiger partial charge in [-0.3, -0.25) is 9.78 Å². The molecule has 2 N–H and O–H groups in total. The first-order valence-corrected chi connectivity index (χ1v) is 6.07. The summed E-state index contributed by atoms with van der Waals surface area (Å²) in [4.78, 5) is 16.1. The standard InChI is InChI=1S/C14H12N2O2S/c17-12(10-5-2-1-3-6-10)13(18)16-14(19)11-7-4-8-15-9-11/h1-9,13,18H,(H,16,19). The van der Waals surface area contributed by atoms with E-state index in [0.717, 1.165) is 0 Å². The molecule has 1 aromatic carbocycles. The van der Waals surface area contributed by atoms with Crippen molar-refractivity contribution in [1.29, 1.82) is 0 Å². The number of Topliss-reactive ketones (excluding diaryl/α,β-unsaturated/α-hetero) is 1. The minimum absolute atomic E-state index is 0.282. The van der Waals surface area contributed by atoms with E-state index in [0.29, 0.717) is 11.1 Å². The Hall–Kier alpha value is -2.11. The van der Waals surface area contributed by atoms with Crippen LogP contribution in [0.1, 0.15) is 15.9 Å². The summed E-state index contributed by atoms with van der Waals surface area (Å²) in [6, 6.07) is 12.0. The number of pyridine rings is 1. The lowest BCUT2D eigenvalue weighted by Crippen LogP contribution is -2.40. The molecule has 0 spiro atoms. The Balaban J connectivity index is 2.04. The number of benzene rings is 1. The molecule has 0 bridgehead atoms. The van der Waals surface area contributed by atoms with Crippen LogP contribution in [0.25, 0.3) is 0 Å². The van der Waals surface area contributed by atoms with E-state index in [1.54, 1.807) is 54.9 Å². The minimum atomic E-state index is -1.37. The number of rotatable bonds is 4. The predicted octanol–water partition coefficient (Wildman–Crippen LogP) is 1.55. The highest BCUT2D eigenvalue weighted by Gasteiger charge is 2.17. The molecule has 96 valence electrons. The van der Waals surface area contributed by atoms with E-state index in [1.807, 2.05) is 0 Å². The van der Waals surface area contributed by atoms with Crippen molar-refractivity contribution in [2.24, 2.45) is 0 Å². The van der Waals surface area contributed by atoms with E-state index >= 15 is 0 Å². The Morgan fingerprint density at radius 1 is 1.16 bits per heavy atom. The summed E-state index contributed by atoms with van der Waals surface area (Å²) in [5.74, 6) is -0.424. The van der Waals surface area contributed by atoms with Crippen molar-refractivity contribution in [3.8, 4) is 0 Å². The molecule has 19 heavy (non-hydrogen) atoms. The summed E-state index contributed by atoms with van der Waals surface area (Å²) in [7, 11) is 0. The Labute approximate surface area is 116 Å². The highest BCUT2D eigenvalue weighted by molar-refractivity contribution is 7.80. The van der Waals surface area contributed by atoms with E-state index in [9.17, 15) is 9.90 Å². The number of aliphatic hydroxyl groups is 1. The van der Waals surface area contributed by atoms with Gasteiger partial charge in [-0.05, 0) is 12.1 Å². The predicted molar refractivity (Wildman–Crippen MR) is 75.9 cm³/mol. The van der Waals surface area contributed by atoms with Gasteiger partial charge >= 0.3 is 0 Å². The molecule has 0 aliphatic heterocycles. The van der Waals surface area contributed by atoms with E-state index in [-0.39, 0.29) is 4.99 Å². The van der Waals surface area contributed by atoms with E-state index in [4.69, 9.17) is 12.2 Å². The lowest BCUT2D eigenvalue weighted by molar-refractivity contribution is 0.0721. The smallest absolute Gasteiger partial charge is 0.211 e. The first kappa shape index (κ1) is 13.3. The number of nitrogens with zero attached hydrogens (tertiary/aromatic N) is 1.